The maximum atomic E-state index is 7.04. The number of aromatic nitrogens is 1. The Morgan fingerprint density at radius 3 is 2.41 bits per heavy atom. The molecule has 0 saturated heterocycles. The van der Waals surface area contributed by atoms with Crippen molar-refractivity contribution in [3.05, 3.63) is 108 Å². The van der Waals surface area contributed by atoms with Crippen LogP contribution < -0.4 is 14.2 Å². The molecular weight excluding hydrogens is 398 g/mol. The van der Waals surface area contributed by atoms with Crippen LogP contribution in [0.5, 0.6) is 23.0 Å². The Hall–Kier alpha value is -4.18. The number of nitrogens with one attached hydrogen (secondary N) is 1. The predicted octanol–water partition coefficient (Wildman–Crippen LogP) is 6.63. The fourth-order valence-corrected chi connectivity index (χ4v) is 5.18. The third-order valence-electron chi connectivity index (χ3n) is 6.53. The van der Waals surface area contributed by atoms with Gasteiger partial charge >= 0.3 is 0 Å². The van der Waals surface area contributed by atoms with Gasteiger partial charge in [-0.05, 0) is 36.4 Å². The smallest absolute Gasteiger partial charge is 0.194 e. The van der Waals surface area contributed by atoms with Crippen LogP contribution in [0.25, 0.3) is 22.2 Å². The van der Waals surface area contributed by atoms with Crippen LogP contribution in [-0.2, 0) is 5.60 Å². The van der Waals surface area contributed by atoms with Crippen LogP contribution in [0.3, 0.4) is 0 Å². The second kappa shape index (κ2) is 6.17. The lowest BCUT2D eigenvalue weighted by Crippen LogP contribution is -2.40. The molecule has 0 fully saturated rings. The molecule has 4 heteroatoms. The second-order valence-electron chi connectivity index (χ2n) is 8.16. The van der Waals surface area contributed by atoms with Gasteiger partial charge in [0.2, 0.25) is 0 Å². The number of methoxy groups -OCH3 is 1. The maximum absolute atomic E-state index is 7.04. The fraction of sp³-hybridized carbons (Fsp3) is 0.0714. The van der Waals surface area contributed by atoms with E-state index in [2.05, 4.69) is 47.4 Å². The largest absolute Gasteiger partial charge is 0.497 e. The molecule has 0 aliphatic carbocycles. The molecule has 1 unspecified atom stereocenters. The van der Waals surface area contributed by atoms with Gasteiger partial charge in [0.15, 0.2) is 5.60 Å². The van der Waals surface area contributed by atoms with Crippen LogP contribution >= 0.6 is 0 Å². The molecule has 4 aromatic carbocycles. The molecule has 32 heavy (non-hydrogen) atoms. The average molecular weight is 417 g/mol. The quantitative estimate of drug-likeness (QED) is 0.333. The molecule has 4 nitrogen and oxygen atoms in total. The van der Waals surface area contributed by atoms with Crippen molar-refractivity contribution in [2.45, 2.75) is 5.60 Å². The minimum absolute atomic E-state index is 0.735. The molecule has 1 spiro atoms. The van der Waals surface area contributed by atoms with Crippen LogP contribution in [0.4, 0.5) is 0 Å². The van der Waals surface area contributed by atoms with Gasteiger partial charge in [-0.3, -0.25) is 0 Å². The monoisotopic (exact) mass is 417 g/mol. The van der Waals surface area contributed by atoms with E-state index in [1.807, 2.05) is 48.5 Å². The van der Waals surface area contributed by atoms with Crippen LogP contribution in [-0.4, -0.2) is 12.1 Å². The SMILES string of the molecule is COc1ccc2c(c1)Oc1ccccc1C21Oc2ccccc2-c2[nH]c3ccccc3c21. The molecule has 3 heterocycles. The van der Waals surface area contributed by atoms with E-state index in [1.54, 1.807) is 7.11 Å². The minimum Gasteiger partial charge on any atom is -0.497 e. The van der Waals surface area contributed by atoms with Gasteiger partial charge in [-0.25, -0.2) is 0 Å². The minimum atomic E-state index is -0.861. The van der Waals surface area contributed by atoms with E-state index >= 15 is 0 Å². The summed E-state index contributed by atoms with van der Waals surface area (Å²) in [5, 5.41) is 1.13. The highest BCUT2D eigenvalue weighted by Gasteiger charge is 2.51. The molecule has 0 radical (unpaired) electrons. The Bertz CT molecular complexity index is 1530. The summed E-state index contributed by atoms with van der Waals surface area (Å²) in [6.45, 7) is 0. The van der Waals surface area contributed by atoms with Gasteiger partial charge in [-0.1, -0.05) is 48.5 Å². The Morgan fingerprint density at radius 2 is 1.50 bits per heavy atom. The standard InChI is InChI=1S/C28H19NO3/c1-30-17-14-15-21-25(16-17)31-24-13-7-4-10-20(24)28(21)26-18-8-2-5-11-22(18)29-27(26)19-9-3-6-12-23(19)32-28/h2-16,29H,1H3. The summed E-state index contributed by atoms with van der Waals surface area (Å²) >= 11 is 0. The fourth-order valence-electron chi connectivity index (χ4n) is 5.18. The van der Waals surface area contributed by atoms with Crippen molar-refractivity contribution in [3.8, 4) is 34.3 Å². The Morgan fingerprint density at radius 1 is 0.750 bits per heavy atom. The van der Waals surface area contributed by atoms with Gasteiger partial charge in [-0.2, -0.15) is 0 Å². The summed E-state index contributed by atoms with van der Waals surface area (Å²) in [6, 6.07) is 30.7. The van der Waals surface area contributed by atoms with Crippen LogP contribution in [0, 0.1) is 0 Å². The summed E-state index contributed by atoms with van der Waals surface area (Å²) in [5.74, 6) is 3.10. The molecule has 1 aromatic heterocycles. The zero-order chi connectivity index (χ0) is 21.3. The van der Waals surface area contributed by atoms with Crippen molar-refractivity contribution < 1.29 is 14.2 Å². The molecular formula is C28H19NO3. The number of H-pyrrole nitrogens is 1. The molecule has 154 valence electrons. The molecule has 0 saturated carbocycles. The second-order valence-corrected chi connectivity index (χ2v) is 8.16. The third-order valence-corrected chi connectivity index (χ3v) is 6.53. The molecule has 0 bridgehead atoms. The van der Waals surface area contributed by atoms with Gasteiger partial charge in [0.25, 0.3) is 0 Å². The first-order valence-corrected chi connectivity index (χ1v) is 10.6. The molecule has 1 N–H and O–H groups in total. The van der Waals surface area contributed by atoms with E-state index in [9.17, 15) is 0 Å². The van der Waals surface area contributed by atoms with Gasteiger partial charge in [0.1, 0.15) is 23.0 Å². The van der Waals surface area contributed by atoms with E-state index in [1.165, 1.54) is 0 Å². The van der Waals surface area contributed by atoms with Crippen molar-refractivity contribution in [2.75, 3.05) is 7.11 Å². The summed E-state index contributed by atoms with van der Waals surface area (Å²) in [7, 11) is 1.67. The Balaban J connectivity index is 1.68. The molecule has 7 rings (SSSR count). The number of rotatable bonds is 1. The molecule has 5 aromatic rings. The lowest BCUT2D eigenvalue weighted by Gasteiger charge is -2.43. The number of aromatic amines is 1. The van der Waals surface area contributed by atoms with E-state index in [0.29, 0.717) is 0 Å². The molecule has 0 amide bonds. The van der Waals surface area contributed by atoms with Crippen molar-refractivity contribution in [1.82, 2.24) is 4.98 Å². The summed E-state index contributed by atoms with van der Waals surface area (Å²) in [6.07, 6.45) is 0. The first-order valence-electron chi connectivity index (χ1n) is 10.6. The van der Waals surface area contributed by atoms with Gasteiger partial charge in [0, 0.05) is 39.2 Å². The number of fused-ring (bicyclic) bond motifs is 10. The summed E-state index contributed by atoms with van der Waals surface area (Å²) in [4.78, 5) is 3.68. The predicted molar refractivity (Wildman–Crippen MR) is 124 cm³/mol. The highest BCUT2D eigenvalue weighted by Crippen LogP contribution is 2.59. The third kappa shape index (κ3) is 2.11. The Labute approximate surface area is 185 Å². The van der Waals surface area contributed by atoms with Crippen LogP contribution in [0.2, 0.25) is 0 Å². The lowest BCUT2D eigenvalue weighted by molar-refractivity contribution is 0.139. The topological polar surface area (TPSA) is 43.5 Å². The highest BCUT2D eigenvalue weighted by atomic mass is 16.5. The zero-order valence-corrected chi connectivity index (χ0v) is 17.4. The lowest BCUT2D eigenvalue weighted by atomic mass is 9.74. The van der Waals surface area contributed by atoms with Gasteiger partial charge < -0.3 is 19.2 Å². The van der Waals surface area contributed by atoms with Crippen molar-refractivity contribution >= 4 is 10.9 Å². The first-order chi connectivity index (χ1) is 15.8. The first kappa shape index (κ1) is 17.5. The number of hydrogen-bond acceptors (Lipinski definition) is 3. The van der Waals surface area contributed by atoms with E-state index < -0.39 is 5.60 Å². The van der Waals surface area contributed by atoms with E-state index in [-0.39, 0.29) is 0 Å². The maximum Gasteiger partial charge on any atom is 0.194 e. The summed E-state index contributed by atoms with van der Waals surface area (Å²) < 4.78 is 18.9. The molecule has 1 atom stereocenters. The van der Waals surface area contributed by atoms with Crippen molar-refractivity contribution in [3.63, 3.8) is 0 Å². The number of ether oxygens (including phenoxy) is 3. The zero-order valence-electron chi connectivity index (χ0n) is 17.4. The van der Waals surface area contributed by atoms with Crippen LogP contribution in [0.15, 0.2) is 91.0 Å². The van der Waals surface area contributed by atoms with Crippen LogP contribution in [0.1, 0.15) is 16.7 Å². The van der Waals surface area contributed by atoms with Crippen molar-refractivity contribution in [2.24, 2.45) is 0 Å². The number of hydrogen-bond donors (Lipinski definition) is 1. The Kier molecular flexibility index (Phi) is 3.37. The van der Waals surface area contributed by atoms with Gasteiger partial charge in [-0.15, -0.1) is 0 Å². The molecule has 2 aliphatic heterocycles. The van der Waals surface area contributed by atoms with Crippen molar-refractivity contribution in [1.29, 1.82) is 0 Å². The van der Waals surface area contributed by atoms with E-state index in [4.69, 9.17) is 14.2 Å². The average Bonchev–Trinajstić information content (AvgIpc) is 3.24. The number of benzene rings is 4. The van der Waals surface area contributed by atoms with Gasteiger partial charge in [0.05, 0.1) is 12.8 Å². The highest BCUT2D eigenvalue weighted by molar-refractivity contribution is 5.96. The molecule has 2 aliphatic rings. The summed E-state index contributed by atoms with van der Waals surface area (Å²) in [5.41, 5.74) is 5.40. The normalized spacial score (nSPS) is 17.5. The van der Waals surface area contributed by atoms with E-state index in [0.717, 1.165) is 61.8 Å². The number of para-hydroxylation sites is 3.